The molecule has 0 radical (unpaired) electrons. The third-order valence-corrected chi connectivity index (χ3v) is 4.01. The van der Waals surface area contributed by atoms with Crippen molar-refractivity contribution in [3.8, 4) is 0 Å². The van der Waals surface area contributed by atoms with Gasteiger partial charge in [-0.05, 0) is 18.2 Å². The SMILES string of the molecule is O=C(Nc1ccccc1SCC(F)(F)F)c1cc(F)c(F)c(F)c1F. The Labute approximate surface area is 141 Å². The Morgan fingerprint density at radius 2 is 1.64 bits per heavy atom. The van der Waals surface area contributed by atoms with Crippen molar-refractivity contribution in [2.45, 2.75) is 11.1 Å². The molecule has 1 amide bonds. The van der Waals surface area contributed by atoms with Crippen LogP contribution in [0.2, 0.25) is 0 Å². The van der Waals surface area contributed by atoms with Crippen molar-refractivity contribution in [2.75, 3.05) is 11.1 Å². The van der Waals surface area contributed by atoms with E-state index in [0.717, 1.165) is 0 Å². The van der Waals surface area contributed by atoms with E-state index in [1.165, 1.54) is 24.3 Å². The van der Waals surface area contributed by atoms with Crippen LogP contribution in [0, 0.1) is 23.3 Å². The smallest absolute Gasteiger partial charge is 0.321 e. The summed E-state index contributed by atoms with van der Waals surface area (Å²) in [4.78, 5) is 12.0. The summed E-state index contributed by atoms with van der Waals surface area (Å²) in [6, 6.07) is 5.45. The average Bonchev–Trinajstić information content (AvgIpc) is 2.54. The molecule has 1 N–H and O–H groups in total. The number of benzene rings is 2. The molecule has 0 saturated heterocycles. The van der Waals surface area contributed by atoms with Crippen LogP contribution in [0.3, 0.4) is 0 Å². The number of rotatable bonds is 4. The first-order chi connectivity index (χ1) is 11.6. The van der Waals surface area contributed by atoms with Gasteiger partial charge in [-0.25, -0.2) is 17.6 Å². The lowest BCUT2D eigenvalue weighted by Gasteiger charge is -2.12. The fourth-order valence-electron chi connectivity index (χ4n) is 1.78. The summed E-state index contributed by atoms with van der Waals surface area (Å²) < 4.78 is 89.8. The van der Waals surface area contributed by atoms with Crippen LogP contribution in [0.15, 0.2) is 35.2 Å². The van der Waals surface area contributed by atoms with Crippen molar-refractivity contribution in [3.05, 3.63) is 59.2 Å². The number of thioether (sulfide) groups is 1. The number of para-hydroxylation sites is 1. The van der Waals surface area contributed by atoms with Crippen LogP contribution in [0.4, 0.5) is 36.4 Å². The number of anilines is 1. The van der Waals surface area contributed by atoms with Gasteiger partial charge in [-0.2, -0.15) is 13.2 Å². The molecule has 134 valence electrons. The van der Waals surface area contributed by atoms with Gasteiger partial charge >= 0.3 is 6.18 Å². The van der Waals surface area contributed by atoms with Gasteiger partial charge in [0, 0.05) is 4.90 Å². The van der Waals surface area contributed by atoms with Crippen LogP contribution in [0.1, 0.15) is 10.4 Å². The molecule has 10 heteroatoms. The van der Waals surface area contributed by atoms with Crippen molar-refractivity contribution in [1.29, 1.82) is 0 Å². The van der Waals surface area contributed by atoms with Crippen LogP contribution in [0.25, 0.3) is 0 Å². The summed E-state index contributed by atoms with van der Waals surface area (Å²) in [7, 11) is 0. The van der Waals surface area contributed by atoms with Gasteiger partial charge in [-0.1, -0.05) is 12.1 Å². The summed E-state index contributed by atoms with van der Waals surface area (Å²) in [5, 5.41) is 2.05. The van der Waals surface area contributed by atoms with Crippen LogP contribution >= 0.6 is 11.8 Å². The zero-order chi connectivity index (χ0) is 18.8. The Balaban J connectivity index is 2.28. The first kappa shape index (κ1) is 19.1. The molecule has 0 heterocycles. The van der Waals surface area contributed by atoms with E-state index in [2.05, 4.69) is 5.32 Å². The number of carbonyl (C=O) groups excluding carboxylic acids is 1. The second kappa shape index (κ2) is 7.34. The second-order valence-corrected chi connectivity index (χ2v) is 5.72. The summed E-state index contributed by atoms with van der Waals surface area (Å²) in [6.45, 7) is 0. The fourth-order valence-corrected chi connectivity index (χ4v) is 2.55. The lowest BCUT2D eigenvalue weighted by molar-refractivity contribution is -0.105. The molecule has 0 atom stereocenters. The molecule has 0 aromatic heterocycles. The number of alkyl halides is 3. The number of nitrogens with one attached hydrogen (secondary N) is 1. The summed E-state index contributed by atoms with van der Waals surface area (Å²) in [6.07, 6.45) is -4.46. The highest BCUT2D eigenvalue weighted by molar-refractivity contribution is 7.99. The highest BCUT2D eigenvalue weighted by Crippen LogP contribution is 2.32. The lowest BCUT2D eigenvalue weighted by atomic mass is 10.1. The largest absolute Gasteiger partial charge is 0.398 e. The molecule has 2 aromatic carbocycles. The van der Waals surface area contributed by atoms with Crippen molar-refractivity contribution < 1.29 is 35.5 Å². The minimum absolute atomic E-state index is 0.0108. The van der Waals surface area contributed by atoms with Crippen molar-refractivity contribution in [3.63, 3.8) is 0 Å². The predicted octanol–water partition coefficient (Wildman–Crippen LogP) is 5.15. The van der Waals surface area contributed by atoms with Gasteiger partial charge in [0.2, 0.25) is 0 Å². The maximum absolute atomic E-state index is 13.6. The predicted molar refractivity (Wildman–Crippen MR) is 77.4 cm³/mol. The minimum Gasteiger partial charge on any atom is -0.321 e. The number of halogens is 7. The zero-order valence-electron chi connectivity index (χ0n) is 12.1. The molecule has 0 spiro atoms. The summed E-state index contributed by atoms with van der Waals surface area (Å²) in [5.74, 6) is -10.5. The lowest BCUT2D eigenvalue weighted by Crippen LogP contribution is -2.17. The van der Waals surface area contributed by atoms with Gasteiger partial charge in [-0.15, -0.1) is 11.8 Å². The van der Waals surface area contributed by atoms with E-state index in [0.29, 0.717) is 11.8 Å². The third kappa shape index (κ3) is 4.65. The molecular weight excluding hydrogens is 375 g/mol. The van der Waals surface area contributed by atoms with Gasteiger partial charge in [0.15, 0.2) is 23.3 Å². The molecule has 2 aromatic rings. The Bertz CT molecular complexity index is 807. The number of amides is 1. The maximum Gasteiger partial charge on any atom is 0.398 e. The Kier molecular flexibility index (Phi) is 5.61. The summed E-state index contributed by atoms with van der Waals surface area (Å²) >= 11 is 0.362. The molecule has 0 aliphatic heterocycles. The minimum atomic E-state index is -4.46. The molecule has 2 rings (SSSR count). The van der Waals surface area contributed by atoms with E-state index in [1.807, 2.05) is 0 Å². The molecule has 0 saturated carbocycles. The number of hydrogen-bond acceptors (Lipinski definition) is 2. The topological polar surface area (TPSA) is 29.1 Å². The molecule has 0 fully saturated rings. The van der Waals surface area contributed by atoms with E-state index < -0.39 is 46.7 Å². The normalized spacial score (nSPS) is 11.5. The monoisotopic (exact) mass is 383 g/mol. The van der Waals surface area contributed by atoms with E-state index in [9.17, 15) is 35.5 Å². The molecule has 0 unspecified atom stereocenters. The first-order valence-corrected chi connectivity index (χ1v) is 7.51. The Hall–Kier alpha value is -2.23. The van der Waals surface area contributed by atoms with E-state index >= 15 is 0 Å². The molecule has 2 nitrogen and oxygen atoms in total. The maximum atomic E-state index is 13.6. The Morgan fingerprint density at radius 1 is 1.00 bits per heavy atom. The van der Waals surface area contributed by atoms with E-state index in [4.69, 9.17) is 0 Å². The third-order valence-electron chi connectivity index (χ3n) is 2.87. The van der Waals surface area contributed by atoms with Crippen molar-refractivity contribution in [2.24, 2.45) is 0 Å². The van der Waals surface area contributed by atoms with Crippen LogP contribution < -0.4 is 5.32 Å². The molecule has 0 bridgehead atoms. The average molecular weight is 383 g/mol. The zero-order valence-corrected chi connectivity index (χ0v) is 12.9. The van der Waals surface area contributed by atoms with Crippen molar-refractivity contribution >= 4 is 23.4 Å². The number of carbonyl (C=O) groups is 1. The summed E-state index contributed by atoms with van der Waals surface area (Å²) in [5.41, 5.74) is -1.24. The molecular formula is C15H8F7NOS. The molecule has 0 aliphatic carbocycles. The van der Waals surface area contributed by atoms with E-state index in [-0.39, 0.29) is 16.6 Å². The van der Waals surface area contributed by atoms with Gasteiger partial charge in [0.25, 0.3) is 5.91 Å². The van der Waals surface area contributed by atoms with Gasteiger partial charge in [-0.3, -0.25) is 4.79 Å². The standard InChI is InChI=1S/C15H8F7NOS/c16-8-5-7(11(17)13(19)12(8)18)14(24)23-9-3-1-2-4-10(9)25-6-15(20,21)22/h1-5H,6H2,(H,23,24). The quantitative estimate of drug-likeness (QED) is 0.342. The number of hydrogen-bond donors (Lipinski definition) is 1. The van der Waals surface area contributed by atoms with Crippen LogP contribution in [-0.2, 0) is 0 Å². The fraction of sp³-hybridized carbons (Fsp3) is 0.133. The highest BCUT2D eigenvalue weighted by atomic mass is 32.2. The molecule has 25 heavy (non-hydrogen) atoms. The van der Waals surface area contributed by atoms with Gasteiger partial charge in [0.05, 0.1) is 17.0 Å². The highest BCUT2D eigenvalue weighted by Gasteiger charge is 2.28. The van der Waals surface area contributed by atoms with E-state index in [1.54, 1.807) is 0 Å². The van der Waals surface area contributed by atoms with Gasteiger partial charge < -0.3 is 5.32 Å². The van der Waals surface area contributed by atoms with Crippen LogP contribution in [-0.4, -0.2) is 17.8 Å². The first-order valence-electron chi connectivity index (χ1n) is 6.53. The van der Waals surface area contributed by atoms with Crippen molar-refractivity contribution in [1.82, 2.24) is 0 Å². The van der Waals surface area contributed by atoms with Crippen LogP contribution in [0.5, 0.6) is 0 Å². The molecule has 0 aliphatic rings. The Morgan fingerprint density at radius 3 is 2.28 bits per heavy atom. The second-order valence-electron chi connectivity index (χ2n) is 4.70. The van der Waals surface area contributed by atoms with Gasteiger partial charge in [0.1, 0.15) is 0 Å².